The number of fused-ring (bicyclic) bond motifs is 2. The van der Waals surface area contributed by atoms with Crippen LogP contribution in [0.4, 0.5) is 10.5 Å². The van der Waals surface area contributed by atoms with E-state index in [1.807, 2.05) is 93.7 Å². The van der Waals surface area contributed by atoms with Gasteiger partial charge in [-0.2, -0.15) is 0 Å². The Labute approximate surface area is 395 Å². The summed E-state index contributed by atoms with van der Waals surface area (Å²) < 4.78 is 30.4. The van der Waals surface area contributed by atoms with E-state index in [4.69, 9.17) is 23.0 Å². The largest absolute Gasteiger partial charge is 0.493 e. The van der Waals surface area contributed by atoms with Crippen LogP contribution in [0.1, 0.15) is 73.0 Å². The number of amides is 1. The van der Waals surface area contributed by atoms with Crippen molar-refractivity contribution in [3.05, 3.63) is 185 Å². The highest BCUT2D eigenvalue weighted by molar-refractivity contribution is 5.89. The number of ether oxygens (including phenoxy) is 3. The smallest absolute Gasteiger partial charge is 0.410 e. The molecule has 0 bridgehead atoms. The number of nitrogens with zero attached hydrogens (tertiary/aromatic N) is 4. The van der Waals surface area contributed by atoms with E-state index in [9.17, 15) is 4.79 Å². The Morgan fingerprint density at radius 3 is 1.58 bits per heavy atom. The monoisotopic (exact) mass is 900 g/mol. The van der Waals surface area contributed by atoms with Crippen LogP contribution < -0.4 is 14.4 Å². The summed E-state index contributed by atoms with van der Waals surface area (Å²) in [5, 5.41) is 2.12. The minimum Gasteiger partial charge on any atom is -0.493 e. The minimum absolute atomic E-state index is 0.341. The molecule has 0 aliphatic rings. The molecule has 8 rings (SSSR count). The summed E-state index contributed by atoms with van der Waals surface area (Å²) in [4.78, 5) is 25.1. The number of carbonyl (C=O) groups is 1. The van der Waals surface area contributed by atoms with Crippen molar-refractivity contribution in [1.82, 2.24) is 14.9 Å². The van der Waals surface area contributed by atoms with Crippen molar-refractivity contribution in [3.63, 3.8) is 0 Å². The maximum atomic E-state index is 12.8. The zero-order valence-electron chi connectivity index (χ0n) is 39.9. The lowest BCUT2D eigenvalue weighted by Crippen LogP contribution is -2.37. The first kappa shape index (κ1) is 47.9. The first-order chi connectivity index (χ1) is 32.5. The number of carbonyl (C=O) groups excluding carboxylic acids is 1. The molecule has 0 aliphatic heterocycles. The van der Waals surface area contributed by atoms with Crippen molar-refractivity contribution >= 4 is 33.7 Å². The summed E-state index contributed by atoms with van der Waals surface area (Å²) in [6.45, 7) is 12.8. The SMILES string of the molecule is Cc1c(CCc2ccccc2)oc2cccc(OCCCN(C)c3cccnc3)c12.Cc1c(CCc2ccccc2)oc2cccc(OCCCN(Cc3cccnc3)C(=O)OC(C)(C)C)c12. The van der Waals surface area contributed by atoms with Gasteiger partial charge in [-0.05, 0) is 119 Å². The molecule has 4 aromatic heterocycles. The molecule has 0 fully saturated rings. The van der Waals surface area contributed by atoms with Crippen LogP contribution >= 0.6 is 0 Å². The van der Waals surface area contributed by atoms with Crippen molar-refractivity contribution in [1.29, 1.82) is 0 Å². The first-order valence-electron chi connectivity index (χ1n) is 23.4. The van der Waals surface area contributed by atoms with Crippen LogP contribution in [0.15, 0.2) is 155 Å². The molecule has 4 heterocycles. The molecule has 0 aliphatic carbocycles. The molecule has 0 N–H and O–H groups in total. The molecule has 0 saturated heterocycles. The fourth-order valence-electron chi connectivity index (χ4n) is 8.05. The van der Waals surface area contributed by atoms with Crippen molar-refractivity contribution in [2.45, 2.75) is 85.3 Å². The van der Waals surface area contributed by atoms with E-state index < -0.39 is 5.60 Å². The van der Waals surface area contributed by atoms with Crippen LogP contribution in [0.3, 0.4) is 0 Å². The number of rotatable bonds is 19. The van der Waals surface area contributed by atoms with Crippen molar-refractivity contribution in [3.8, 4) is 11.5 Å². The fourth-order valence-corrected chi connectivity index (χ4v) is 8.05. The number of anilines is 1. The Balaban J connectivity index is 0.000000203. The molecular formula is C57H64N4O6. The van der Waals surface area contributed by atoms with Gasteiger partial charge in [0.1, 0.15) is 39.8 Å². The maximum Gasteiger partial charge on any atom is 0.410 e. The maximum absolute atomic E-state index is 12.8. The predicted molar refractivity (Wildman–Crippen MR) is 268 cm³/mol. The molecule has 0 spiro atoms. The zero-order valence-corrected chi connectivity index (χ0v) is 39.9. The molecule has 10 heteroatoms. The van der Waals surface area contributed by atoms with Gasteiger partial charge in [-0.1, -0.05) is 78.9 Å². The van der Waals surface area contributed by atoms with E-state index in [1.54, 1.807) is 23.5 Å². The predicted octanol–water partition coefficient (Wildman–Crippen LogP) is 13.0. The molecule has 0 saturated carbocycles. The molecule has 4 aromatic carbocycles. The number of pyridine rings is 2. The van der Waals surface area contributed by atoms with Gasteiger partial charge >= 0.3 is 6.09 Å². The van der Waals surface area contributed by atoms with Gasteiger partial charge in [0.15, 0.2) is 0 Å². The summed E-state index contributed by atoms with van der Waals surface area (Å²) in [6, 6.07) is 40.8. The number of aromatic nitrogens is 2. The minimum atomic E-state index is -0.562. The Morgan fingerprint density at radius 1 is 0.582 bits per heavy atom. The molecule has 348 valence electrons. The van der Waals surface area contributed by atoms with E-state index in [0.29, 0.717) is 32.7 Å². The molecule has 10 nitrogen and oxygen atoms in total. The van der Waals surface area contributed by atoms with E-state index in [-0.39, 0.29) is 6.09 Å². The summed E-state index contributed by atoms with van der Waals surface area (Å²) in [5.74, 6) is 3.74. The summed E-state index contributed by atoms with van der Waals surface area (Å²) in [5.41, 5.74) is 8.17. The highest BCUT2D eigenvalue weighted by atomic mass is 16.6. The lowest BCUT2D eigenvalue weighted by Gasteiger charge is -2.27. The Hall–Kier alpha value is -7.07. The first-order valence-corrected chi connectivity index (χ1v) is 23.4. The van der Waals surface area contributed by atoms with Crippen LogP contribution in [0, 0.1) is 13.8 Å². The molecule has 0 radical (unpaired) electrons. The van der Waals surface area contributed by atoms with Crippen LogP contribution in [0.2, 0.25) is 0 Å². The molecule has 67 heavy (non-hydrogen) atoms. The highest BCUT2D eigenvalue weighted by Gasteiger charge is 2.23. The second kappa shape index (κ2) is 23.4. The zero-order chi connectivity index (χ0) is 47.0. The third-order valence-electron chi connectivity index (χ3n) is 11.6. The van der Waals surface area contributed by atoms with Crippen LogP contribution in [0.25, 0.3) is 21.9 Å². The number of aryl methyl sites for hydroxylation is 6. The van der Waals surface area contributed by atoms with Crippen molar-refractivity contribution in [2.75, 3.05) is 38.3 Å². The standard InChI is InChI=1S/C31H36N2O4.C26H28N2O2/c1-23-26(17-16-24-11-6-5-7-12-24)36-28-15-8-14-27(29(23)28)35-20-10-19-33(30(34)37-31(2,3)4)22-25-13-9-18-32-21-25;1-20-23(15-14-21-9-4-3-5-10-21)30-25-13-6-12-24(26(20)25)29-18-8-17-28(2)22-11-7-16-27-19-22/h5-9,11-15,18,21H,10,16-17,19-20,22H2,1-4H3;3-7,9-13,16,19H,8,14-15,17-18H2,1-2H3. The number of hydrogen-bond acceptors (Lipinski definition) is 9. The summed E-state index contributed by atoms with van der Waals surface area (Å²) in [6.07, 6.45) is 12.0. The van der Waals surface area contributed by atoms with Gasteiger partial charge in [0.25, 0.3) is 0 Å². The lowest BCUT2D eigenvalue weighted by molar-refractivity contribution is 0.0225. The Kier molecular flexibility index (Phi) is 16.7. The highest BCUT2D eigenvalue weighted by Crippen LogP contribution is 2.35. The topological polar surface area (TPSA) is 103 Å². The van der Waals surface area contributed by atoms with Gasteiger partial charge in [0.2, 0.25) is 0 Å². The fraction of sp³-hybridized carbons (Fsp3) is 0.316. The van der Waals surface area contributed by atoms with E-state index >= 15 is 0 Å². The van der Waals surface area contributed by atoms with Gasteiger partial charge in [-0.15, -0.1) is 0 Å². The Bertz CT molecular complexity index is 2750. The van der Waals surface area contributed by atoms with Gasteiger partial charge in [-0.25, -0.2) is 4.79 Å². The average Bonchev–Trinajstić information content (AvgIpc) is 3.85. The van der Waals surface area contributed by atoms with E-state index in [2.05, 4.69) is 90.4 Å². The van der Waals surface area contributed by atoms with Crippen LogP contribution in [-0.4, -0.2) is 59.9 Å². The van der Waals surface area contributed by atoms with E-state index in [1.165, 1.54) is 16.7 Å². The normalized spacial score (nSPS) is 11.3. The summed E-state index contributed by atoms with van der Waals surface area (Å²) >= 11 is 0. The van der Waals surface area contributed by atoms with Gasteiger partial charge in [0.05, 0.1) is 42.4 Å². The van der Waals surface area contributed by atoms with E-state index in [0.717, 1.165) is 100 Å². The van der Waals surface area contributed by atoms with Crippen LogP contribution in [0.5, 0.6) is 11.5 Å². The second-order valence-corrected chi connectivity index (χ2v) is 17.8. The lowest BCUT2D eigenvalue weighted by atomic mass is 10.1. The van der Waals surface area contributed by atoms with Crippen molar-refractivity contribution in [2.24, 2.45) is 0 Å². The number of furan rings is 2. The van der Waals surface area contributed by atoms with Gasteiger partial charge in [0, 0.05) is 62.7 Å². The quantitative estimate of drug-likeness (QED) is 0.0734. The molecule has 0 atom stereocenters. The molecule has 0 unspecified atom stereocenters. The van der Waals surface area contributed by atoms with Crippen LogP contribution in [-0.2, 0) is 37.0 Å². The Morgan fingerprint density at radius 2 is 1.09 bits per heavy atom. The van der Waals surface area contributed by atoms with Gasteiger partial charge < -0.3 is 32.8 Å². The third-order valence-corrected chi connectivity index (χ3v) is 11.6. The number of hydrogen-bond donors (Lipinski definition) is 0. The molecule has 8 aromatic rings. The summed E-state index contributed by atoms with van der Waals surface area (Å²) in [7, 11) is 2.08. The van der Waals surface area contributed by atoms with Gasteiger partial charge in [-0.3, -0.25) is 9.97 Å². The third kappa shape index (κ3) is 13.7. The molecular weight excluding hydrogens is 837 g/mol. The molecule has 1 amide bonds. The average molecular weight is 901 g/mol. The van der Waals surface area contributed by atoms with Crippen molar-refractivity contribution < 1.29 is 27.8 Å². The number of benzene rings is 4. The second-order valence-electron chi connectivity index (χ2n) is 17.8.